The van der Waals surface area contributed by atoms with E-state index in [1.54, 1.807) is 0 Å². The van der Waals surface area contributed by atoms with E-state index in [0.29, 0.717) is 12.3 Å². The van der Waals surface area contributed by atoms with Gasteiger partial charge in [0.25, 0.3) is 5.91 Å². The van der Waals surface area contributed by atoms with Crippen LogP contribution in [0.5, 0.6) is 5.75 Å². The molecule has 5 heteroatoms. The molecule has 0 aliphatic carbocycles. The first-order chi connectivity index (χ1) is 8.19. The summed E-state index contributed by atoms with van der Waals surface area (Å²) in [5.41, 5.74) is 0.219. The van der Waals surface area contributed by atoms with Gasteiger partial charge in [0.15, 0.2) is 0 Å². The Morgan fingerprint density at radius 3 is 2.82 bits per heavy atom. The number of carbonyl (C=O) groups is 1. The maximum Gasteiger partial charge on any atom is 0.255 e. The van der Waals surface area contributed by atoms with Gasteiger partial charge in [-0.05, 0) is 38.2 Å². The second-order valence-electron chi connectivity index (χ2n) is 3.56. The van der Waals surface area contributed by atoms with Gasteiger partial charge < -0.3 is 15.4 Å². The van der Waals surface area contributed by atoms with E-state index in [2.05, 4.69) is 10.6 Å². The van der Waals surface area contributed by atoms with Crippen molar-refractivity contribution in [2.24, 2.45) is 0 Å². The largest absolute Gasteiger partial charge is 0.496 e. The summed E-state index contributed by atoms with van der Waals surface area (Å²) in [5.74, 6) is -0.402. The second-order valence-corrected chi connectivity index (χ2v) is 3.56. The number of ether oxygens (including phenoxy) is 1. The summed E-state index contributed by atoms with van der Waals surface area (Å²) in [7, 11) is 3.29. The SMILES string of the molecule is CNCCCNC(=O)c1cc(F)ccc1OC. The summed E-state index contributed by atoms with van der Waals surface area (Å²) >= 11 is 0. The summed E-state index contributed by atoms with van der Waals surface area (Å²) in [4.78, 5) is 11.8. The molecule has 0 spiro atoms. The highest BCUT2D eigenvalue weighted by Gasteiger charge is 2.12. The fourth-order valence-electron chi connectivity index (χ4n) is 1.42. The average Bonchev–Trinajstić information content (AvgIpc) is 2.34. The van der Waals surface area contributed by atoms with Crippen LogP contribution < -0.4 is 15.4 Å². The number of methoxy groups -OCH3 is 1. The van der Waals surface area contributed by atoms with Crippen molar-refractivity contribution in [1.82, 2.24) is 10.6 Å². The molecule has 0 atom stereocenters. The van der Waals surface area contributed by atoms with Gasteiger partial charge in [-0.1, -0.05) is 0 Å². The maximum absolute atomic E-state index is 13.0. The Morgan fingerprint density at radius 1 is 1.41 bits per heavy atom. The van der Waals surface area contributed by atoms with Crippen LogP contribution in [0.25, 0.3) is 0 Å². The normalized spacial score (nSPS) is 10.1. The smallest absolute Gasteiger partial charge is 0.255 e. The van der Waals surface area contributed by atoms with E-state index in [1.165, 1.54) is 25.3 Å². The van der Waals surface area contributed by atoms with Crippen LogP contribution in [0.1, 0.15) is 16.8 Å². The molecule has 2 N–H and O–H groups in total. The molecular formula is C12H17FN2O2. The standard InChI is InChI=1S/C12H17FN2O2/c1-14-6-3-7-15-12(16)10-8-9(13)4-5-11(10)17-2/h4-5,8,14H,3,6-7H2,1-2H3,(H,15,16). The van der Waals surface area contributed by atoms with Crippen LogP contribution >= 0.6 is 0 Å². The molecule has 0 bridgehead atoms. The van der Waals surface area contributed by atoms with Crippen molar-refractivity contribution in [3.63, 3.8) is 0 Å². The van der Waals surface area contributed by atoms with Gasteiger partial charge in [-0.25, -0.2) is 4.39 Å². The van der Waals surface area contributed by atoms with Crippen LogP contribution in [0.15, 0.2) is 18.2 Å². The Labute approximate surface area is 100 Å². The van der Waals surface area contributed by atoms with Gasteiger partial charge in [0, 0.05) is 6.54 Å². The van der Waals surface area contributed by atoms with Gasteiger partial charge in [-0.3, -0.25) is 4.79 Å². The van der Waals surface area contributed by atoms with Gasteiger partial charge in [0.1, 0.15) is 11.6 Å². The minimum absolute atomic E-state index is 0.219. The van der Waals surface area contributed by atoms with Crippen LogP contribution in [0.3, 0.4) is 0 Å². The van der Waals surface area contributed by atoms with Crippen LogP contribution in [0.2, 0.25) is 0 Å². The van der Waals surface area contributed by atoms with Gasteiger partial charge in [-0.2, -0.15) is 0 Å². The minimum atomic E-state index is -0.453. The quantitative estimate of drug-likeness (QED) is 0.734. The number of hydrogen-bond donors (Lipinski definition) is 2. The number of carbonyl (C=O) groups excluding carboxylic acids is 1. The van der Waals surface area contributed by atoms with Crippen LogP contribution in [-0.2, 0) is 0 Å². The molecule has 0 radical (unpaired) electrons. The van der Waals surface area contributed by atoms with Crippen molar-refractivity contribution in [2.45, 2.75) is 6.42 Å². The van der Waals surface area contributed by atoms with Crippen molar-refractivity contribution in [2.75, 3.05) is 27.2 Å². The lowest BCUT2D eigenvalue weighted by atomic mass is 10.2. The van der Waals surface area contributed by atoms with E-state index in [1.807, 2.05) is 7.05 Å². The molecule has 0 fully saturated rings. The molecule has 0 aliphatic heterocycles. The highest BCUT2D eigenvalue weighted by Crippen LogP contribution is 2.18. The van der Waals surface area contributed by atoms with E-state index < -0.39 is 5.82 Å². The Hall–Kier alpha value is -1.62. The Kier molecular flexibility index (Phi) is 5.42. The highest BCUT2D eigenvalue weighted by molar-refractivity contribution is 5.96. The molecule has 0 heterocycles. The third kappa shape index (κ3) is 4.03. The average molecular weight is 240 g/mol. The van der Waals surface area contributed by atoms with E-state index in [9.17, 15) is 9.18 Å². The summed E-state index contributed by atoms with van der Waals surface area (Å²) in [5, 5.41) is 5.69. The van der Waals surface area contributed by atoms with Crippen molar-refractivity contribution in [3.8, 4) is 5.75 Å². The third-order valence-corrected chi connectivity index (χ3v) is 2.30. The fourth-order valence-corrected chi connectivity index (χ4v) is 1.42. The molecule has 4 nitrogen and oxygen atoms in total. The van der Waals surface area contributed by atoms with Gasteiger partial charge in [0.05, 0.1) is 12.7 Å². The van der Waals surface area contributed by atoms with E-state index in [0.717, 1.165) is 13.0 Å². The topological polar surface area (TPSA) is 50.4 Å². The lowest BCUT2D eigenvalue weighted by molar-refractivity contribution is 0.0949. The fraction of sp³-hybridized carbons (Fsp3) is 0.417. The number of hydrogen-bond acceptors (Lipinski definition) is 3. The van der Waals surface area contributed by atoms with E-state index in [-0.39, 0.29) is 11.5 Å². The lowest BCUT2D eigenvalue weighted by Crippen LogP contribution is -2.27. The van der Waals surface area contributed by atoms with Crippen molar-refractivity contribution in [1.29, 1.82) is 0 Å². The van der Waals surface area contributed by atoms with Crippen LogP contribution in [0, 0.1) is 5.82 Å². The molecule has 0 aromatic heterocycles. The first-order valence-electron chi connectivity index (χ1n) is 5.45. The number of nitrogens with one attached hydrogen (secondary N) is 2. The molecule has 1 rings (SSSR count). The van der Waals surface area contributed by atoms with E-state index >= 15 is 0 Å². The number of amides is 1. The zero-order chi connectivity index (χ0) is 12.7. The minimum Gasteiger partial charge on any atom is -0.496 e. The Bertz CT molecular complexity index is 383. The molecule has 0 unspecified atom stereocenters. The molecule has 94 valence electrons. The zero-order valence-corrected chi connectivity index (χ0v) is 10.0. The number of halogens is 1. The molecule has 1 aromatic rings. The first kappa shape index (κ1) is 13.4. The Morgan fingerprint density at radius 2 is 2.18 bits per heavy atom. The molecule has 17 heavy (non-hydrogen) atoms. The number of rotatable bonds is 6. The third-order valence-electron chi connectivity index (χ3n) is 2.30. The second kappa shape index (κ2) is 6.85. The monoisotopic (exact) mass is 240 g/mol. The summed E-state index contributed by atoms with van der Waals surface area (Å²) in [6.07, 6.45) is 0.819. The van der Waals surface area contributed by atoms with Crippen LogP contribution in [-0.4, -0.2) is 33.2 Å². The number of benzene rings is 1. The lowest BCUT2D eigenvalue weighted by Gasteiger charge is -2.09. The summed E-state index contributed by atoms with van der Waals surface area (Å²) < 4.78 is 18.1. The van der Waals surface area contributed by atoms with Crippen molar-refractivity contribution in [3.05, 3.63) is 29.6 Å². The molecule has 1 amide bonds. The first-order valence-corrected chi connectivity index (χ1v) is 5.45. The molecule has 1 aromatic carbocycles. The van der Waals surface area contributed by atoms with Gasteiger partial charge in [-0.15, -0.1) is 0 Å². The predicted octanol–water partition coefficient (Wildman–Crippen LogP) is 1.17. The van der Waals surface area contributed by atoms with Crippen LogP contribution in [0.4, 0.5) is 4.39 Å². The predicted molar refractivity (Wildman–Crippen MR) is 63.8 cm³/mol. The maximum atomic E-state index is 13.0. The van der Waals surface area contributed by atoms with Gasteiger partial charge >= 0.3 is 0 Å². The zero-order valence-electron chi connectivity index (χ0n) is 10.0. The Balaban J connectivity index is 2.64. The molecule has 0 saturated carbocycles. The summed E-state index contributed by atoms with van der Waals surface area (Å²) in [6.45, 7) is 1.36. The van der Waals surface area contributed by atoms with Gasteiger partial charge in [0.2, 0.25) is 0 Å². The summed E-state index contributed by atoms with van der Waals surface area (Å²) in [6, 6.07) is 3.88. The molecular weight excluding hydrogens is 223 g/mol. The van der Waals surface area contributed by atoms with E-state index in [4.69, 9.17) is 4.74 Å². The molecule has 0 aliphatic rings. The highest BCUT2D eigenvalue weighted by atomic mass is 19.1. The van der Waals surface area contributed by atoms with Crippen molar-refractivity contribution < 1.29 is 13.9 Å². The van der Waals surface area contributed by atoms with Crippen molar-refractivity contribution >= 4 is 5.91 Å². The molecule has 0 saturated heterocycles.